The molecule has 2 N–H and O–H groups in total. The molecule has 8 heteroatoms. The van der Waals surface area contributed by atoms with Crippen LogP contribution < -0.4 is 0 Å². The molecule has 2 aromatic heterocycles. The highest BCUT2D eigenvalue weighted by Crippen LogP contribution is 2.32. The highest BCUT2D eigenvalue weighted by Gasteiger charge is 2.11. The number of hydrogen-bond donors (Lipinski definition) is 2. The van der Waals surface area contributed by atoms with Crippen LogP contribution in [0.2, 0.25) is 0 Å². The van der Waals surface area contributed by atoms with Crippen LogP contribution in [0.1, 0.15) is 0 Å². The lowest BCUT2D eigenvalue weighted by Crippen LogP contribution is -1.97. The van der Waals surface area contributed by atoms with Gasteiger partial charge in [-0.1, -0.05) is 17.8 Å². The average molecular weight is 309 g/mol. The van der Waals surface area contributed by atoms with E-state index in [2.05, 4.69) is 15.2 Å². The predicted octanol–water partition coefficient (Wildman–Crippen LogP) is 3.00. The number of carboxylic acids is 1. The number of fused-ring (bicyclic) bond motifs is 1. The summed E-state index contributed by atoms with van der Waals surface area (Å²) in [4.78, 5) is 15.5. The second kappa shape index (κ2) is 5.22. The van der Waals surface area contributed by atoms with Gasteiger partial charge in [0.2, 0.25) is 5.16 Å². The Morgan fingerprint density at radius 3 is 3.10 bits per heavy atom. The van der Waals surface area contributed by atoms with Gasteiger partial charge in [0.25, 0.3) is 0 Å². The zero-order chi connectivity index (χ0) is 14.1. The number of aliphatic carboxylic acids is 1. The zero-order valence-corrected chi connectivity index (χ0v) is 11.6. The molecule has 0 atom stereocenters. The molecule has 0 aliphatic heterocycles. The number of nitrogens with zero attached hydrogens (tertiary/aromatic N) is 2. The summed E-state index contributed by atoms with van der Waals surface area (Å²) >= 11 is 2.45. The number of thioether (sulfide) groups is 1. The fraction of sp³-hybridized carbons (Fsp3) is 0.0833. The van der Waals surface area contributed by atoms with Crippen molar-refractivity contribution in [1.82, 2.24) is 15.2 Å². The molecule has 3 aromatic rings. The van der Waals surface area contributed by atoms with E-state index in [0.29, 0.717) is 11.0 Å². The Morgan fingerprint density at radius 1 is 1.45 bits per heavy atom. The van der Waals surface area contributed by atoms with E-state index in [-0.39, 0.29) is 11.6 Å². The molecule has 0 spiro atoms. The van der Waals surface area contributed by atoms with Crippen LogP contribution >= 0.6 is 23.1 Å². The summed E-state index contributed by atoms with van der Waals surface area (Å²) < 4.78 is 14.0. The second-order valence-corrected chi connectivity index (χ2v) is 5.97. The van der Waals surface area contributed by atoms with Crippen LogP contribution in [0.15, 0.2) is 29.4 Å². The molecule has 1 aromatic carbocycles. The maximum Gasteiger partial charge on any atom is 0.313 e. The van der Waals surface area contributed by atoms with Gasteiger partial charge in [0.15, 0.2) is 5.82 Å². The first-order valence-electron chi connectivity index (χ1n) is 5.58. The van der Waals surface area contributed by atoms with Crippen molar-refractivity contribution in [2.45, 2.75) is 5.16 Å². The first-order valence-corrected chi connectivity index (χ1v) is 7.38. The third kappa shape index (κ3) is 2.66. The van der Waals surface area contributed by atoms with Gasteiger partial charge in [-0.15, -0.1) is 16.4 Å². The number of rotatable bonds is 4. The quantitative estimate of drug-likeness (QED) is 0.724. The first-order chi connectivity index (χ1) is 9.61. The number of hydrogen-bond acceptors (Lipinski definition) is 5. The second-order valence-electron chi connectivity index (χ2n) is 3.94. The molecular weight excluding hydrogens is 301 g/mol. The normalized spacial score (nSPS) is 11.1. The molecule has 0 aliphatic carbocycles. The minimum Gasteiger partial charge on any atom is -0.481 e. The Bertz CT molecular complexity index is 784. The van der Waals surface area contributed by atoms with Crippen molar-refractivity contribution < 1.29 is 14.3 Å². The number of benzene rings is 1. The number of aromatic nitrogens is 3. The molecule has 0 fully saturated rings. The Hall–Kier alpha value is -1.93. The van der Waals surface area contributed by atoms with Crippen LogP contribution in [0.3, 0.4) is 0 Å². The maximum atomic E-state index is 13.1. The fourth-order valence-electron chi connectivity index (χ4n) is 1.67. The van der Waals surface area contributed by atoms with Gasteiger partial charge >= 0.3 is 5.97 Å². The summed E-state index contributed by atoms with van der Waals surface area (Å²) in [6.07, 6.45) is 0. The first kappa shape index (κ1) is 13.1. The van der Waals surface area contributed by atoms with Gasteiger partial charge in [0.1, 0.15) is 5.82 Å². The molecular formula is C12H8FN3O2S2. The minimum absolute atomic E-state index is 0.0884. The molecule has 2 heterocycles. The average Bonchev–Trinajstić information content (AvgIpc) is 3.01. The smallest absolute Gasteiger partial charge is 0.313 e. The summed E-state index contributed by atoms with van der Waals surface area (Å²) in [7, 11) is 0. The van der Waals surface area contributed by atoms with Crippen molar-refractivity contribution in [2.24, 2.45) is 0 Å². The number of carboxylic acid groups (broad SMARTS) is 1. The van der Waals surface area contributed by atoms with E-state index in [1.165, 1.54) is 23.5 Å². The number of halogens is 1. The van der Waals surface area contributed by atoms with Gasteiger partial charge in [-0.2, -0.15) is 0 Å². The number of nitrogens with one attached hydrogen (secondary N) is 1. The molecule has 0 saturated heterocycles. The third-order valence-electron chi connectivity index (χ3n) is 2.51. The third-order valence-corrected chi connectivity index (χ3v) is 4.44. The van der Waals surface area contributed by atoms with Gasteiger partial charge in [-0.25, -0.2) is 9.37 Å². The highest BCUT2D eigenvalue weighted by atomic mass is 32.2. The van der Waals surface area contributed by atoms with E-state index >= 15 is 0 Å². The minimum atomic E-state index is -0.918. The van der Waals surface area contributed by atoms with Gasteiger partial charge in [-0.3, -0.25) is 9.89 Å². The van der Waals surface area contributed by atoms with E-state index < -0.39 is 5.97 Å². The summed E-state index contributed by atoms with van der Waals surface area (Å²) in [6.45, 7) is 0. The monoisotopic (exact) mass is 309 g/mol. The number of carbonyl (C=O) groups is 1. The molecule has 0 bridgehead atoms. The van der Waals surface area contributed by atoms with Crippen LogP contribution in [0, 0.1) is 5.82 Å². The van der Waals surface area contributed by atoms with E-state index in [1.54, 1.807) is 6.07 Å². The largest absolute Gasteiger partial charge is 0.481 e. The molecule has 0 radical (unpaired) electrons. The summed E-state index contributed by atoms with van der Waals surface area (Å²) in [5.74, 6) is -0.728. The Morgan fingerprint density at radius 2 is 2.30 bits per heavy atom. The van der Waals surface area contributed by atoms with Crippen LogP contribution in [0.25, 0.3) is 20.8 Å². The molecule has 0 aliphatic rings. The van der Waals surface area contributed by atoms with E-state index in [0.717, 1.165) is 26.7 Å². The fourth-order valence-corrected chi connectivity index (χ4v) is 3.21. The molecule has 3 rings (SSSR count). The number of H-pyrrole nitrogens is 1. The summed E-state index contributed by atoms with van der Waals surface area (Å²) in [5, 5.41) is 16.6. The topological polar surface area (TPSA) is 78.9 Å². The Balaban J connectivity index is 1.89. The van der Waals surface area contributed by atoms with Crippen molar-refractivity contribution >= 4 is 39.2 Å². The van der Waals surface area contributed by atoms with Gasteiger partial charge in [0.05, 0.1) is 10.6 Å². The Kier molecular flexibility index (Phi) is 3.41. The maximum absolute atomic E-state index is 13.1. The summed E-state index contributed by atoms with van der Waals surface area (Å²) in [5.41, 5.74) is 0. The Labute approximate surface area is 120 Å². The van der Waals surface area contributed by atoms with E-state index in [1.807, 2.05) is 6.07 Å². The van der Waals surface area contributed by atoms with Gasteiger partial charge in [0, 0.05) is 4.70 Å². The van der Waals surface area contributed by atoms with Crippen molar-refractivity contribution in [1.29, 1.82) is 0 Å². The van der Waals surface area contributed by atoms with Crippen molar-refractivity contribution in [3.8, 4) is 10.7 Å². The SMILES string of the molecule is O=C(O)CSc1n[nH]c(-c2cc3ccc(F)cc3s2)n1. The molecule has 102 valence electrons. The van der Waals surface area contributed by atoms with Crippen LogP contribution in [0.5, 0.6) is 0 Å². The summed E-state index contributed by atoms with van der Waals surface area (Å²) in [6, 6.07) is 6.49. The van der Waals surface area contributed by atoms with E-state index in [4.69, 9.17) is 5.11 Å². The van der Waals surface area contributed by atoms with Gasteiger partial charge < -0.3 is 5.11 Å². The highest BCUT2D eigenvalue weighted by molar-refractivity contribution is 7.99. The van der Waals surface area contributed by atoms with E-state index in [9.17, 15) is 9.18 Å². The molecule has 20 heavy (non-hydrogen) atoms. The predicted molar refractivity (Wildman–Crippen MR) is 75.5 cm³/mol. The lowest BCUT2D eigenvalue weighted by Gasteiger charge is -1.88. The van der Waals surface area contributed by atoms with Crippen molar-refractivity contribution in [2.75, 3.05) is 5.75 Å². The van der Waals surface area contributed by atoms with Crippen LogP contribution in [-0.4, -0.2) is 32.0 Å². The molecule has 0 saturated carbocycles. The molecule has 5 nitrogen and oxygen atoms in total. The lowest BCUT2D eigenvalue weighted by atomic mass is 10.2. The van der Waals surface area contributed by atoms with Crippen molar-refractivity contribution in [3.63, 3.8) is 0 Å². The zero-order valence-electron chi connectivity index (χ0n) is 9.96. The lowest BCUT2D eigenvalue weighted by molar-refractivity contribution is -0.133. The number of thiophene rings is 1. The number of aromatic amines is 1. The van der Waals surface area contributed by atoms with Gasteiger partial charge in [-0.05, 0) is 23.6 Å². The van der Waals surface area contributed by atoms with Crippen LogP contribution in [-0.2, 0) is 4.79 Å². The van der Waals surface area contributed by atoms with Crippen molar-refractivity contribution in [3.05, 3.63) is 30.1 Å². The van der Waals surface area contributed by atoms with Crippen LogP contribution in [0.4, 0.5) is 4.39 Å². The standard InChI is InChI=1S/C12H8FN3O2S2/c13-7-2-1-6-3-9(20-8(6)4-7)11-14-12(16-15-11)19-5-10(17)18/h1-4H,5H2,(H,17,18)(H,14,15,16). The molecule has 0 unspecified atom stereocenters. The molecule has 0 amide bonds.